The fourth-order valence-electron chi connectivity index (χ4n) is 1.35. The third-order valence-electron chi connectivity index (χ3n) is 2.37. The van der Waals surface area contributed by atoms with Crippen LogP contribution in [0.5, 0.6) is 0 Å². The zero-order chi connectivity index (χ0) is 12.8. The molecule has 5 nitrogen and oxygen atoms in total. The fourth-order valence-corrected chi connectivity index (χ4v) is 1.35. The van der Waals surface area contributed by atoms with Crippen LogP contribution in [-0.4, -0.2) is 31.1 Å². The lowest BCUT2D eigenvalue weighted by atomic mass is 10.0. The van der Waals surface area contributed by atoms with Crippen molar-refractivity contribution in [2.75, 3.05) is 14.2 Å². The average molecular weight is 237 g/mol. The number of methoxy groups -OCH3 is 1. The molecule has 1 atom stereocenters. The third-order valence-corrected chi connectivity index (χ3v) is 2.37. The second-order valence-electron chi connectivity index (χ2n) is 3.51. The van der Waals surface area contributed by atoms with Crippen LogP contribution in [0.4, 0.5) is 0 Å². The van der Waals surface area contributed by atoms with Crippen LogP contribution in [0.25, 0.3) is 0 Å². The molecule has 0 saturated heterocycles. The quantitative estimate of drug-likeness (QED) is 0.754. The van der Waals surface area contributed by atoms with Crippen molar-refractivity contribution < 1.29 is 19.4 Å². The Hall–Kier alpha value is -1.88. The number of nitrogens with one attached hydrogen (secondary N) is 1. The lowest BCUT2D eigenvalue weighted by Crippen LogP contribution is -2.20. The molecule has 1 aromatic rings. The van der Waals surface area contributed by atoms with E-state index in [1.807, 2.05) is 0 Å². The van der Waals surface area contributed by atoms with Crippen molar-refractivity contribution in [1.82, 2.24) is 5.32 Å². The third kappa shape index (κ3) is 3.57. The molecule has 1 amide bonds. The number of hydrogen-bond donors (Lipinski definition) is 2. The summed E-state index contributed by atoms with van der Waals surface area (Å²) in [5, 5.41) is 12.2. The Balaban J connectivity index is 2.73. The molecule has 0 aliphatic heterocycles. The van der Waals surface area contributed by atoms with E-state index in [-0.39, 0.29) is 12.3 Å². The Bertz CT molecular complexity index is 399. The Morgan fingerprint density at radius 3 is 2.41 bits per heavy atom. The highest BCUT2D eigenvalue weighted by Crippen LogP contribution is 2.17. The van der Waals surface area contributed by atoms with Crippen molar-refractivity contribution >= 4 is 11.9 Å². The van der Waals surface area contributed by atoms with Gasteiger partial charge in [-0.15, -0.1) is 0 Å². The number of ether oxygens (including phenoxy) is 1. The molecule has 1 aromatic carbocycles. The molecule has 1 unspecified atom stereocenters. The van der Waals surface area contributed by atoms with E-state index in [0.29, 0.717) is 11.1 Å². The second-order valence-corrected chi connectivity index (χ2v) is 3.51. The van der Waals surface area contributed by atoms with E-state index < -0.39 is 12.1 Å². The molecule has 1 rings (SSSR count). The minimum absolute atomic E-state index is 0.00588. The summed E-state index contributed by atoms with van der Waals surface area (Å²) in [6.07, 6.45) is -0.879. The summed E-state index contributed by atoms with van der Waals surface area (Å²) in [6.45, 7) is 0. The number of aliphatic hydroxyl groups excluding tert-OH is 1. The van der Waals surface area contributed by atoms with Crippen molar-refractivity contribution in [3.8, 4) is 0 Å². The normalized spacial score (nSPS) is 11.7. The molecule has 92 valence electrons. The van der Waals surface area contributed by atoms with Crippen LogP contribution in [-0.2, 0) is 9.53 Å². The maximum Gasteiger partial charge on any atom is 0.337 e. The minimum atomic E-state index is -0.873. The highest BCUT2D eigenvalue weighted by molar-refractivity contribution is 5.89. The van der Waals surface area contributed by atoms with Gasteiger partial charge in [0.15, 0.2) is 0 Å². The summed E-state index contributed by atoms with van der Waals surface area (Å²) < 4.78 is 4.55. The molecule has 0 fully saturated rings. The number of benzene rings is 1. The number of esters is 1. The molecule has 0 saturated carbocycles. The minimum Gasteiger partial charge on any atom is -0.465 e. The van der Waals surface area contributed by atoms with Gasteiger partial charge in [0.1, 0.15) is 0 Å². The van der Waals surface area contributed by atoms with Crippen LogP contribution >= 0.6 is 0 Å². The van der Waals surface area contributed by atoms with Crippen LogP contribution < -0.4 is 5.32 Å². The molecule has 2 N–H and O–H groups in total. The second kappa shape index (κ2) is 6.00. The fraction of sp³-hybridized carbons (Fsp3) is 0.333. The number of hydrogen-bond acceptors (Lipinski definition) is 4. The molecule has 5 heteroatoms. The first kappa shape index (κ1) is 13.2. The van der Waals surface area contributed by atoms with Gasteiger partial charge in [0.25, 0.3) is 0 Å². The van der Waals surface area contributed by atoms with Gasteiger partial charge in [0.05, 0.1) is 25.2 Å². The van der Waals surface area contributed by atoms with Crippen molar-refractivity contribution in [3.63, 3.8) is 0 Å². The maximum absolute atomic E-state index is 11.2. The summed E-state index contributed by atoms with van der Waals surface area (Å²) in [5.41, 5.74) is 0.990. The Morgan fingerprint density at radius 2 is 1.94 bits per heavy atom. The standard InChI is InChI=1S/C12H15NO4/c1-13-11(15)7-10(14)8-3-5-9(6-4-8)12(16)17-2/h3-6,10,14H,7H2,1-2H3,(H,13,15). The first-order valence-corrected chi connectivity index (χ1v) is 5.15. The van der Waals surface area contributed by atoms with Gasteiger partial charge in [0.2, 0.25) is 5.91 Å². The largest absolute Gasteiger partial charge is 0.465 e. The molecular formula is C12H15NO4. The predicted octanol–water partition coefficient (Wildman–Crippen LogP) is 0.643. The molecule has 0 bridgehead atoms. The van der Waals surface area contributed by atoms with Crippen molar-refractivity contribution in [2.24, 2.45) is 0 Å². The Morgan fingerprint density at radius 1 is 1.35 bits per heavy atom. The van der Waals surface area contributed by atoms with Crippen LogP contribution in [0.1, 0.15) is 28.4 Å². The molecule has 0 heterocycles. The van der Waals surface area contributed by atoms with E-state index >= 15 is 0 Å². The molecule has 0 aliphatic carbocycles. The summed E-state index contributed by atoms with van der Waals surface area (Å²) in [5.74, 6) is -0.674. The lowest BCUT2D eigenvalue weighted by molar-refractivity contribution is -0.122. The van der Waals surface area contributed by atoms with E-state index in [1.54, 1.807) is 24.3 Å². The molecular weight excluding hydrogens is 222 g/mol. The smallest absolute Gasteiger partial charge is 0.337 e. The van der Waals surface area contributed by atoms with Gasteiger partial charge in [-0.3, -0.25) is 4.79 Å². The SMILES string of the molecule is CNC(=O)CC(O)c1ccc(C(=O)OC)cc1. The Labute approximate surface area is 99.4 Å². The monoisotopic (exact) mass is 237 g/mol. The molecule has 0 radical (unpaired) electrons. The van der Waals surface area contributed by atoms with Gasteiger partial charge in [-0.25, -0.2) is 4.79 Å². The number of amides is 1. The topological polar surface area (TPSA) is 75.6 Å². The zero-order valence-corrected chi connectivity index (χ0v) is 9.77. The molecule has 17 heavy (non-hydrogen) atoms. The van der Waals surface area contributed by atoms with Crippen molar-refractivity contribution in [1.29, 1.82) is 0 Å². The van der Waals surface area contributed by atoms with Gasteiger partial charge in [0, 0.05) is 7.05 Å². The van der Waals surface area contributed by atoms with Gasteiger partial charge < -0.3 is 15.2 Å². The molecule has 0 spiro atoms. The number of carbonyl (C=O) groups excluding carboxylic acids is 2. The predicted molar refractivity (Wildman–Crippen MR) is 61.4 cm³/mol. The molecule has 0 aromatic heterocycles. The summed E-state index contributed by atoms with van der Waals surface area (Å²) in [4.78, 5) is 22.2. The first-order chi connectivity index (χ1) is 8.08. The van der Waals surface area contributed by atoms with Crippen LogP contribution in [0.3, 0.4) is 0 Å². The molecule has 0 aliphatic rings. The van der Waals surface area contributed by atoms with E-state index in [4.69, 9.17) is 0 Å². The van der Waals surface area contributed by atoms with Crippen molar-refractivity contribution in [2.45, 2.75) is 12.5 Å². The van der Waals surface area contributed by atoms with E-state index in [0.717, 1.165) is 0 Å². The van der Waals surface area contributed by atoms with Crippen molar-refractivity contribution in [3.05, 3.63) is 35.4 Å². The first-order valence-electron chi connectivity index (χ1n) is 5.15. The number of rotatable bonds is 4. The number of aliphatic hydroxyl groups is 1. The summed E-state index contributed by atoms with van der Waals surface area (Å²) in [7, 11) is 2.81. The van der Waals surface area contributed by atoms with E-state index in [9.17, 15) is 14.7 Å². The van der Waals surface area contributed by atoms with E-state index in [1.165, 1.54) is 14.2 Å². The van der Waals surface area contributed by atoms with E-state index in [2.05, 4.69) is 10.1 Å². The zero-order valence-electron chi connectivity index (χ0n) is 9.77. The highest BCUT2D eigenvalue weighted by atomic mass is 16.5. The van der Waals surface area contributed by atoms with Crippen LogP contribution in [0.15, 0.2) is 24.3 Å². The highest BCUT2D eigenvalue weighted by Gasteiger charge is 2.13. The lowest BCUT2D eigenvalue weighted by Gasteiger charge is -2.10. The summed E-state index contributed by atoms with van der Waals surface area (Å²) >= 11 is 0. The average Bonchev–Trinajstić information content (AvgIpc) is 2.37. The van der Waals surface area contributed by atoms with Gasteiger partial charge >= 0.3 is 5.97 Å². The van der Waals surface area contributed by atoms with Crippen LogP contribution in [0.2, 0.25) is 0 Å². The van der Waals surface area contributed by atoms with Crippen LogP contribution in [0, 0.1) is 0 Å². The van der Waals surface area contributed by atoms with Gasteiger partial charge in [-0.2, -0.15) is 0 Å². The Kier molecular flexibility index (Phi) is 4.66. The van der Waals surface area contributed by atoms with Gasteiger partial charge in [-0.1, -0.05) is 12.1 Å². The summed E-state index contributed by atoms with van der Waals surface area (Å²) in [6, 6.07) is 6.29. The maximum atomic E-state index is 11.2. The van der Waals surface area contributed by atoms with Gasteiger partial charge in [-0.05, 0) is 17.7 Å². The number of carbonyl (C=O) groups is 2.